The Hall–Kier alpha value is -3.20. The van der Waals surface area contributed by atoms with Crippen LogP contribution in [0.1, 0.15) is 38.8 Å². The maximum absolute atomic E-state index is 13.4. The number of amides is 3. The Bertz CT molecular complexity index is 908. The molecule has 0 saturated heterocycles. The number of nitrogens with one attached hydrogen (secondary N) is 1. The number of methoxy groups -OCH3 is 2. The van der Waals surface area contributed by atoms with E-state index in [0.717, 1.165) is 18.5 Å². The van der Waals surface area contributed by atoms with Crippen LogP contribution < -0.4 is 14.8 Å². The average molecular weight is 489 g/mol. The van der Waals surface area contributed by atoms with E-state index in [2.05, 4.69) is 12.2 Å². The number of anilines is 1. The van der Waals surface area contributed by atoms with Crippen molar-refractivity contribution in [2.45, 2.75) is 39.7 Å². The summed E-state index contributed by atoms with van der Waals surface area (Å²) in [5.74, 6) is 1.04. The highest BCUT2D eigenvalue weighted by Gasteiger charge is 2.22. The maximum Gasteiger partial charge on any atom is 0.322 e. The third kappa shape index (κ3) is 9.16. The zero-order chi connectivity index (χ0) is 25.6. The van der Waals surface area contributed by atoms with Crippen LogP contribution in [0, 0.1) is 0 Å². The smallest absolute Gasteiger partial charge is 0.322 e. The van der Waals surface area contributed by atoms with Crippen molar-refractivity contribution >= 4 is 17.6 Å². The summed E-state index contributed by atoms with van der Waals surface area (Å²) >= 11 is 0. The molecule has 1 aromatic heterocycles. The standard InChI is InChI=1S/C26H40N4O5/c1-6-8-13-29(19-22-11-9-12-28(22)3)25(31)20-30(14-10-15-35-7-2)26(32)27-21-16-23(33-4)18-24(17-21)34-5/h9,11-12,16-18H,6-8,10,13-15,19-20H2,1-5H3,(H,27,32). The number of hydrogen-bond donors (Lipinski definition) is 1. The predicted molar refractivity (Wildman–Crippen MR) is 137 cm³/mol. The molecule has 0 unspecified atom stereocenters. The van der Waals surface area contributed by atoms with Crippen molar-refractivity contribution in [1.29, 1.82) is 0 Å². The number of rotatable bonds is 15. The summed E-state index contributed by atoms with van der Waals surface area (Å²) in [5.41, 5.74) is 1.57. The Morgan fingerprint density at radius 3 is 2.26 bits per heavy atom. The van der Waals surface area contributed by atoms with E-state index < -0.39 is 0 Å². The molecule has 9 heteroatoms. The fourth-order valence-corrected chi connectivity index (χ4v) is 3.60. The summed E-state index contributed by atoms with van der Waals surface area (Å²) in [6.45, 7) is 6.67. The van der Waals surface area contributed by atoms with Crippen LogP contribution in [0.25, 0.3) is 0 Å². The first kappa shape index (κ1) is 28.0. The highest BCUT2D eigenvalue weighted by Crippen LogP contribution is 2.26. The van der Waals surface area contributed by atoms with Crippen molar-refractivity contribution < 1.29 is 23.8 Å². The largest absolute Gasteiger partial charge is 0.497 e. The van der Waals surface area contributed by atoms with Gasteiger partial charge in [-0.3, -0.25) is 4.79 Å². The molecular formula is C26H40N4O5. The number of carbonyl (C=O) groups excluding carboxylic acids is 2. The molecule has 1 heterocycles. The second kappa shape index (κ2) is 14.9. The van der Waals surface area contributed by atoms with Gasteiger partial charge in [-0.15, -0.1) is 0 Å². The van der Waals surface area contributed by atoms with E-state index in [0.29, 0.717) is 56.5 Å². The van der Waals surface area contributed by atoms with Gasteiger partial charge in [-0.2, -0.15) is 0 Å². The van der Waals surface area contributed by atoms with E-state index in [-0.39, 0.29) is 18.5 Å². The summed E-state index contributed by atoms with van der Waals surface area (Å²) in [5, 5.41) is 2.89. The van der Waals surface area contributed by atoms with Crippen molar-refractivity contribution in [2.24, 2.45) is 7.05 Å². The zero-order valence-electron chi connectivity index (χ0n) is 21.7. The number of carbonyl (C=O) groups is 2. The Morgan fingerprint density at radius 2 is 1.69 bits per heavy atom. The first-order valence-electron chi connectivity index (χ1n) is 12.2. The highest BCUT2D eigenvalue weighted by atomic mass is 16.5. The van der Waals surface area contributed by atoms with Crippen molar-refractivity contribution in [3.63, 3.8) is 0 Å². The minimum Gasteiger partial charge on any atom is -0.497 e. The molecule has 194 valence electrons. The van der Waals surface area contributed by atoms with Crippen molar-refractivity contribution in [3.05, 3.63) is 42.2 Å². The molecule has 0 spiro atoms. The van der Waals surface area contributed by atoms with Gasteiger partial charge in [-0.1, -0.05) is 13.3 Å². The summed E-state index contributed by atoms with van der Waals surface area (Å²) in [6.07, 6.45) is 4.47. The number of aryl methyl sites for hydroxylation is 1. The second-order valence-corrected chi connectivity index (χ2v) is 8.28. The molecule has 0 aliphatic carbocycles. The van der Waals surface area contributed by atoms with Crippen LogP contribution in [0.2, 0.25) is 0 Å². The minimum atomic E-state index is -0.362. The number of hydrogen-bond acceptors (Lipinski definition) is 5. The van der Waals surface area contributed by atoms with Gasteiger partial charge < -0.3 is 33.9 Å². The molecule has 1 N–H and O–H groups in total. The van der Waals surface area contributed by atoms with Crippen molar-refractivity contribution in [1.82, 2.24) is 14.4 Å². The van der Waals surface area contributed by atoms with Crippen LogP contribution in [-0.4, -0.2) is 73.4 Å². The Balaban J connectivity index is 2.16. The molecule has 0 aliphatic rings. The number of nitrogens with zero attached hydrogens (tertiary/aromatic N) is 3. The van der Waals surface area contributed by atoms with E-state index in [9.17, 15) is 9.59 Å². The van der Waals surface area contributed by atoms with Gasteiger partial charge in [0.15, 0.2) is 0 Å². The van der Waals surface area contributed by atoms with Gasteiger partial charge in [-0.25, -0.2) is 4.79 Å². The molecule has 2 rings (SSSR count). The molecule has 0 radical (unpaired) electrons. The highest BCUT2D eigenvalue weighted by molar-refractivity contribution is 5.92. The fourth-order valence-electron chi connectivity index (χ4n) is 3.60. The van der Waals surface area contributed by atoms with Crippen molar-refractivity contribution in [3.8, 4) is 11.5 Å². The lowest BCUT2D eigenvalue weighted by molar-refractivity contribution is -0.132. The van der Waals surface area contributed by atoms with E-state index in [1.807, 2.05) is 41.8 Å². The number of unbranched alkanes of at least 4 members (excludes halogenated alkanes) is 1. The molecule has 0 bridgehead atoms. The molecule has 0 aliphatic heterocycles. The molecule has 0 atom stereocenters. The molecule has 2 aromatic rings. The molecule has 35 heavy (non-hydrogen) atoms. The van der Waals surface area contributed by atoms with E-state index >= 15 is 0 Å². The number of urea groups is 1. The molecule has 0 saturated carbocycles. The SMILES string of the molecule is CCCCN(Cc1cccn1C)C(=O)CN(CCCOCC)C(=O)Nc1cc(OC)cc(OC)c1. The van der Waals surface area contributed by atoms with E-state index in [4.69, 9.17) is 14.2 Å². The van der Waals surface area contributed by atoms with Crippen LogP contribution in [0.3, 0.4) is 0 Å². The predicted octanol–water partition coefficient (Wildman–Crippen LogP) is 4.13. The summed E-state index contributed by atoms with van der Waals surface area (Å²) in [7, 11) is 5.07. The average Bonchev–Trinajstić information content (AvgIpc) is 3.27. The first-order chi connectivity index (χ1) is 16.9. The summed E-state index contributed by atoms with van der Waals surface area (Å²) < 4.78 is 18.1. The van der Waals surface area contributed by atoms with Gasteiger partial charge in [0.05, 0.1) is 20.8 Å². The molecule has 3 amide bonds. The van der Waals surface area contributed by atoms with Gasteiger partial charge >= 0.3 is 6.03 Å². The quantitative estimate of drug-likeness (QED) is 0.381. The lowest BCUT2D eigenvalue weighted by Gasteiger charge is -2.28. The van der Waals surface area contributed by atoms with Gasteiger partial charge in [0.25, 0.3) is 0 Å². The first-order valence-corrected chi connectivity index (χ1v) is 12.2. The number of ether oxygens (including phenoxy) is 3. The Kier molecular flexibility index (Phi) is 12.0. The number of benzene rings is 1. The van der Waals surface area contributed by atoms with Gasteiger partial charge in [-0.05, 0) is 31.9 Å². The summed E-state index contributed by atoms with van der Waals surface area (Å²) in [6, 6.07) is 8.77. The van der Waals surface area contributed by atoms with E-state index in [1.54, 1.807) is 32.4 Å². The molecule has 1 aromatic carbocycles. The zero-order valence-corrected chi connectivity index (χ0v) is 21.7. The van der Waals surface area contributed by atoms with Gasteiger partial charge in [0.1, 0.15) is 18.0 Å². The van der Waals surface area contributed by atoms with Gasteiger partial charge in [0.2, 0.25) is 5.91 Å². The normalized spacial score (nSPS) is 10.7. The molecular weight excluding hydrogens is 448 g/mol. The van der Waals surface area contributed by atoms with E-state index in [1.165, 1.54) is 4.90 Å². The van der Waals surface area contributed by atoms with Crippen LogP contribution >= 0.6 is 0 Å². The molecule has 9 nitrogen and oxygen atoms in total. The third-order valence-electron chi connectivity index (χ3n) is 5.68. The van der Waals surface area contributed by atoms with Crippen molar-refractivity contribution in [2.75, 3.05) is 52.4 Å². The number of aromatic nitrogens is 1. The second-order valence-electron chi connectivity index (χ2n) is 8.28. The van der Waals surface area contributed by atoms with Crippen LogP contribution in [0.5, 0.6) is 11.5 Å². The van der Waals surface area contributed by atoms with Gasteiger partial charge in [0, 0.05) is 69.1 Å². The third-order valence-corrected chi connectivity index (χ3v) is 5.68. The topological polar surface area (TPSA) is 85.3 Å². The van der Waals surface area contributed by atoms with Crippen LogP contribution in [0.4, 0.5) is 10.5 Å². The lowest BCUT2D eigenvalue weighted by atomic mass is 10.2. The Labute approximate surface area is 208 Å². The van der Waals surface area contributed by atoms with Crippen LogP contribution in [-0.2, 0) is 23.1 Å². The minimum absolute atomic E-state index is 0.0206. The fraction of sp³-hybridized carbons (Fsp3) is 0.538. The maximum atomic E-state index is 13.4. The Morgan fingerprint density at radius 1 is 1.00 bits per heavy atom. The van der Waals surface area contributed by atoms with Crippen LogP contribution in [0.15, 0.2) is 36.5 Å². The monoisotopic (exact) mass is 488 g/mol. The molecule has 0 fully saturated rings. The summed E-state index contributed by atoms with van der Waals surface area (Å²) in [4.78, 5) is 30.0. The lowest BCUT2D eigenvalue weighted by Crippen LogP contribution is -2.45.